The number of sulfone groups is 1. The summed E-state index contributed by atoms with van der Waals surface area (Å²) in [6.45, 7) is 4.26. The molecule has 0 radical (unpaired) electrons. The van der Waals surface area contributed by atoms with Crippen molar-refractivity contribution in [2.45, 2.75) is 95.4 Å². The van der Waals surface area contributed by atoms with E-state index in [0.717, 1.165) is 57.1 Å². The molecule has 8 heterocycles. The summed E-state index contributed by atoms with van der Waals surface area (Å²) in [7, 11) is -1.64. The molecule has 2 fully saturated rings. The molecule has 268 valence electrons. The minimum absolute atomic E-state index is 0.0777. The second kappa shape index (κ2) is 15.4. The summed E-state index contributed by atoms with van der Waals surface area (Å²) in [6, 6.07) is 5.34. The Bertz CT molecular complexity index is 1700. The topological polar surface area (TPSA) is 107 Å². The van der Waals surface area contributed by atoms with Gasteiger partial charge >= 0.3 is 0 Å². The molecule has 0 saturated carbocycles. The van der Waals surface area contributed by atoms with Crippen LogP contribution >= 0.6 is 0 Å². The molecule has 8 bridgehead atoms. The van der Waals surface area contributed by atoms with E-state index in [4.69, 9.17) is 14.5 Å². The minimum Gasteiger partial charge on any atom is -0.478 e. The largest absolute Gasteiger partial charge is 0.478 e. The van der Waals surface area contributed by atoms with Crippen molar-refractivity contribution >= 4 is 26.6 Å². The molecule has 2 saturated heterocycles. The van der Waals surface area contributed by atoms with Crippen LogP contribution in [0.2, 0.25) is 0 Å². The molecule has 6 aliphatic rings. The highest BCUT2D eigenvalue weighted by molar-refractivity contribution is 7.91. The molecule has 6 aliphatic heterocycles. The molecule has 49 heavy (non-hydrogen) atoms. The molecular weight excluding hydrogens is 655 g/mol. The minimum atomic E-state index is -3.31. The Labute approximate surface area is 287 Å². The second-order valence-corrected chi connectivity index (χ2v) is 16.2. The monoisotopic (exact) mass is 703 g/mol. The first kappa shape index (κ1) is 35.6. The lowest BCUT2D eigenvalue weighted by atomic mass is 9.85. The van der Waals surface area contributed by atoms with Gasteiger partial charge in [-0.1, -0.05) is 50.3 Å². The van der Waals surface area contributed by atoms with Crippen molar-refractivity contribution in [2.75, 3.05) is 50.2 Å². The summed E-state index contributed by atoms with van der Waals surface area (Å²) < 4.78 is 84.5. The number of anilines is 1. The number of halogens is 3. The Kier molecular flexibility index (Phi) is 11.2. The van der Waals surface area contributed by atoms with Crippen LogP contribution in [0.4, 0.5) is 19.0 Å². The standard InChI is InChI=1S/C36H48F3N5O4S/c1-24-27-11-10-12-30(31(27)37)36(38,39)26-13-18-44(19-14-26)17-8-6-4-3-5-7-9-20-48-34-28(25-15-21-49(45,46)22-16-25)23-29-32(41-34)35(47-2)43-42-33(29)40-24/h10-12,23-26H,3-9,13-22H2,1-2H3,(H,40,42)/t24-/m1/s1. The fraction of sp³-hybridized carbons (Fsp3) is 0.639. The molecule has 3 aromatic rings. The maximum atomic E-state index is 16.1. The first-order valence-electron chi connectivity index (χ1n) is 17.8. The van der Waals surface area contributed by atoms with Gasteiger partial charge in [-0.25, -0.2) is 26.6 Å². The molecular formula is C36H48F3N5O4S. The van der Waals surface area contributed by atoms with Gasteiger partial charge in [-0.2, -0.15) is 0 Å². The van der Waals surface area contributed by atoms with Crippen LogP contribution in [0.25, 0.3) is 10.9 Å². The lowest BCUT2D eigenvalue weighted by Crippen LogP contribution is -2.40. The highest BCUT2D eigenvalue weighted by Crippen LogP contribution is 2.44. The van der Waals surface area contributed by atoms with Crippen molar-refractivity contribution in [1.82, 2.24) is 20.1 Å². The van der Waals surface area contributed by atoms with E-state index in [1.165, 1.54) is 25.3 Å². The molecule has 2 aromatic heterocycles. The van der Waals surface area contributed by atoms with E-state index >= 15 is 13.2 Å². The van der Waals surface area contributed by atoms with Gasteiger partial charge in [0.1, 0.15) is 21.2 Å². The average Bonchev–Trinajstić information content (AvgIpc) is 3.08. The predicted octanol–water partition coefficient (Wildman–Crippen LogP) is 7.56. The number of pyridine rings is 1. The number of rotatable bonds is 2. The summed E-state index contributed by atoms with van der Waals surface area (Å²) in [5.74, 6) is -4.25. The number of methoxy groups -OCH3 is 1. The van der Waals surface area contributed by atoms with E-state index in [0.29, 0.717) is 62.2 Å². The van der Waals surface area contributed by atoms with E-state index in [1.807, 2.05) is 6.07 Å². The number of benzene rings is 1. The van der Waals surface area contributed by atoms with Gasteiger partial charge < -0.3 is 19.7 Å². The third-order valence-corrected chi connectivity index (χ3v) is 12.3. The van der Waals surface area contributed by atoms with Crippen molar-refractivity contribution in [3.63, 3.8) is 0 Å². The number of nitrogens with zero attached hydrogens (tertiary/aromatic N) is 4. The highest BCUT2D eigenvalue weighted by atomic mass is 32.2. The van der Waals surface area contributed by atoms with Gasteiger partial charge in [-0.15, -0.1) is 10.2 Å². The molecule has 0 unspecified atom stereocenters. The quantitative estimate of drug-likeness (QED) is 0.289. The lowest BCUT2D eigenvalue weighted by molar-refractivity contribution is -0.0880. The molecule has 0 amide bonds. The van der Waals surface area contributed by atoms with E-state index < -0.39 is 39.1 Å². The average molecular weight is 704 g/mol. The summed E-state index contributed by atoms with van der Waals surface area (Å²) in [5.41, 5.74) is 0.673. The van der Waals surface area contributed by atoms with Gasteiger partial charge in [0.25, 0.3) is 11.8 Å². The molecule has 0 spiro atoms. The van der Waals surface area contributed by atoms with Crippen LogP contribution in [0.1, 0.15) is 106 Å². The molecule has 0 aliphatic carbocycles. The maximum absolute atomic E-state index is 16.1. The van der Waals surface area contributed by atoms with Crippen molar-refractivity contribution in [3.8, 4) is 11.8 Å². The fourth-order valence-corrected chi connectivity index (χ4v) is 9.05. The lowest BCUT2D eigenvalue weighted by Gasteiger charge is -2.36. The zero-order valence-electron chi connectivity index (χ0n) is 28.5. The summed E-state index contributed by atoms with van der Waals surface area (Å²) >= 11 is 0. The number of ether oxygens (including phenoxy) is 2. The van der Waals surface area contributed by atoms with Gasteiger partial charge in [0.15, 0.2) is 5.82 Å². The summed E-state index contributed by atoms with van der Waals surface area (Å²) in [4.78, 5) is 7.13. The van der Waals surface area contributed by atoms with Gasteiger partial charge in [0.05, 0.1) is 42.2 Å². The molecule has 9 nitrogen and oxygen atoms in total. The van der Waals surface area contributed by atoms with Crippen LogP contribution in [0.5, 0.6) is 11.8 Å². The first-order chi connectivity index (χ1) is 23.6. The van der Waals surface area contributed by atoms with Crippen LogP contribution in [0, 0.1) is 11.7 Å². The van der Waals surface area contributed by atoms with Crippen molar-refractivity contribution in [1.29, 1.82) is 0 Å². The highest BCUT2D eigenvalue weighted by Gasteiger charge is 2.45. The van der Waals surface area contributed by atoms with Gasteiger partial charge in [-0.05, 0) is 77.1 Å². The molecule has 1 aromatic carbocycles. The smallest absolute Gasteiger partial charge is 0.278 e. The molecule has 1 N–H and O–H groups in total. The molecule has 1 atom stereocenters. The van der Waals surface area contributed by atoms with E-state index in [1.54, 1.807) is 6.92 Å². The van der Waals surface area contributed by atoms with Crippen LogP contribution in [-0.4, -0.2) is 73.4 Å². The van der Waals surface area contributed by atoms with Gasteiger partial charge in [0.2, 0.25) is 5.88 Å². The number of nitrogens with one attached hydrogen (secondary N) is 1. The van der Waals surface area contributed by atoms with Gasteiger partial charge in [0, 0.05) is 17.0 Å². The Morgan fingerprint density at radius 1 is 0.939 bits per heavy atom. The predicted molar refractivity (Wildman–Crippen MR) is 184 cm³/mol. The van der Waals surface area contributed by atoms with Gasteiger partial charge in [-0.3, -0.25) is 0 Å². The fourth-order valence-electron chi connectivity index (χ4n) is 7.56. The normalized spacial score (nSPS) is 25.6. The summed E-state index contributed by atoms with van der Waals surface area (Å²) in [6.07, 6.45) is 8.88. The van der Waals surface area contributed by atoms with E-state index in [2.05, 4.69) is 20.4 Å². The van der Waals surface area contributed by atoms with Crippen LogP contribution in [0.15, 0.2) is 24.3 Å². The zero-order chi connectivity index (χ0) is 34.6. The molecule has 9 rings (SSSR count). The Morgan fingerprint density at radius 2 is 1.63 bits per heavy atom. The Morgan fingerprint density at radius 3 is 2.35 bits per heavy atom. The third kappa shape index (κ3) is 8.08. The van der Waals surface area contributed by atoms with Crippen molar-refractivity contribution in [3.05, 3.63) is 46.8 Å². The van der Waals surface area contributed by atoms with Crippen LogP contribution in [-0.2, 0) is 15.8 Å². The number of alkyl halides is 2. The first-order valence-corrected chi connectivity index (χ1v) is 19.6. The number of aromatic nitrogens is 3. The summed E-state index contributed by atoms with van der Waals surface area (Å²) in [5, 5.41) is 12.3. The SMILES string of the molecule is COc1nnc2c3cc(C4CCS(=O)(=O)CC4)c(nc13)OCCCCCCCCCN1CCC(CC1)C(F)(F)c1cccc(c1F)[C@@H](C)N2. The van der Waals surface area contributed by atoms with Crippen LogP contribution < -0.4 is 14.8 Å². The molecule has 13 heteroatoms. The van der Waals surface area contributed by atoms with E-state index in [-0.39, 0.29) is 34.7 Å². The zero-order valence-corrected chi connectivity index (χ0v) is 29.3. The second-order valence-electron chi connectivity index (χ2n) is 13.9. The van der Waals surface area contributed by atoms with Crippen molar-refractivity contribution < 1.29 is 31.1 Å². The third-order valence-electron chi connectivity index (χ3n) is 10.6. The van der Waals surface area contributed by atoms with E-state index in [9.17, 15) is 8.42 Å². The number of piperidine rings is 1. The Balaban J connectivity index is 1.37. The Hall–Kier alpha value is -3.19. The number of hydrogen-bond acceptors (Lipinski definition) is 9. The van der Waals surface area contributed by atoms with Crippen LogP contribution in [0.3, 0.4) is 0 Å². The van der Waals surface area contributed by atoms with Crippen molar-refractivity contribution in [2.24, 2.45) is 5.92 Å². The maximum Gasteiger partial charge on any atom is 0.278 e. The number of hydrogen-bond donors (Lipinski definition) is 1.